The summed E-state index contributed by atoms with van der Waals surface area (Å²) in [5, 5.41) is 0.177. The molecule has 1 saturated heterocycles. The second-order valence-corrected chi connectivity index (χ2v) is 12.2. The molecule has 0 radical (unpaired) electrons. The molecule has 4 aromatic rings. The first-order valence-corrected chi connectivity index (χ1v) is 15.1. The molecule has 1 unspecified atom stereocenters. The highest BCUT2D eigenvalue weighted by molar-refractivity contribution is 8.17. The van der Waals surface area contributed by atoms with Crippen LogP contribution in [0.4, 0.5) is 0 Å². The fraction of sp³-hybridized carbons (Fsp3) is 0.273. The van der Waals surface area contributed by atoms with E-state index < -0.39 is 0 Å². The third-order valence-electron chi connectivity index (χ3n) is 6.49. The standard InChI is InChI=1S/C33H34O3S2/c1-5-13-26(14-6-1)21-34-24-30-31(35-22-27-15-7-2-8-16-27)32(36-23-28-17-9-3-10-18-28)33(38-30)37-25-29-19-11-4-12-20-29/h1-20,30-33H,21-25H2/t30-,31-,32+,33?/m0/s1. The van der Waals surface area contributed by atoms with Gasteiger partial charge in [0.15, 0.2) is 0 Å². The highest BCUT2D eigenvalue weighted by Gasteiger charge is 2.46. The molecule has 5 heteroatoms. The molecule has 1 aliphatic rings. The molecule has 1 aliphatic heterocycles. The minimum atomic E-state index is -0.0760. The molecule has 0 spiro atoms. The number of rotatable bonds is 13. The third kappa shape index (κ3) is 7.98. The minimum Gasteiger partial charge on any atom is -0.376 e. The first kappa shape index (κ1) is 27.0. The largest absolute Gasteiger partial charge is 0.376 e. The van der Waals surface area contributed by atoms with Crippen molar-refractivity contribution < 1.29 is 14.2 Å². The highest BCUT2D eigenvalue weighted by Crippen LogP contribution is 2.45. The van der Waals surface area contributed by atoms with Crippen molar-refractivity contribution in [2.45, 2.75) is 47.6 Å². The van der Waals surface area contributed by atoms with Crippen molar-refractivity contribution in [3.8, 4) is 0 Å². The molecular formula is C33H34O3S2. The zero-order chi connectivity index (χ0) is 25.8. The van der Waals surface area contributed by atoms with Gasteiger partial charge in [-0.3, -0.25) is 0 Å². The van der Waals surface area contributed by atoms with E-state index in [9.17, 15) is 0 Å². The normalized spacial score (nSPS) is 20.9. The van der Waals surface area contributed by atoms with Gasteiger partial charge in [0.05, 0.1) is 36.3 Å². The van der Waals surface area contributed by atoms with Crippen LogP contribution in [0.1, 0.15) is 22.3 Å². The molecule has 0 aromatic heterocycles. The summed E-state index contributed by atoms with van der Waals surface area (Å²) in [6.45, 7) is 2.34. The molecular weight excluding hydrogens is 508 g/mol. The Kier molecular flexibility index (Phi) is 10.4. The van der Waals surface area contributed by atoms with Crippen molar-refractivity contribution in [3.05, 3.63) is 144 Å². The summed E-state index contributed by atoms with van der Waals surface area (Å²) in [7, 11) is 0. The lowest BCUT2D eigenvalue weighted by Crippen LogP contribution is -2.38. The fourth-order valence-corrected chi connectivity index (χ4v) is 7.71. The van der Waals surface area contributed by atoms with Crippen molar-refractivity contribution in [1.82, 2.24) is 0 Å². The predicted octanol–water partition coefficient (Wildman–Crippen LogP) is 7.75. The van der Waals surface area contributed by atoms with Crippen molar-refractivity contribution in [3.63, 3.8) is 0 Å². The number of ether oxygens (including phenoxy) is 3. The molecule has 0 amide bonds. The molecule has 4 aromatic carbocycles. The summed E-state index contributed by atoms with van der Waals surface area (Å²) in [5.41, 5.74) is 4.85. The maximum Gasteiger partial charge on any atom is 0.106 e. The molecule has 5 rings (SSSR count). The van der Waals surface area contributed by atoms with Gasteiger partial charge in [-0.25, -0.2) is 0 Å². The van der Waals surface area contributed by atoms with Crippen LogP contribution >= 0.6 is 23.5 Å². The van der Waals surface area contributed by atoms with Crippen LogP contribution in [-0.4, -0.2) is 28.6 Å². The summed E-state index contributed by atoms with van der Waals surface area (Å²) in [6.07, 6.45) is -0.129. The van der Waals surface area contributed by atoms with Gasteiger partial charge in [0, 0.05) is 5.75 Å². The molecule has 1 heterocycles. The maximum atomic E-state index is 6.66. The predicted molar refractivity (Wildman–Crippen MR) is 159 cm³/mol. The molecule has 0 N–H and O–H groups in total. The zero-order valence-electron chi connectivity index (χ0n) is 21.4. The van der Waals surface area contributed by atoms with Crippen LogP contribution in [0, 0.1) is 0 Å². The molecule has 196 valence electrons. The first-order chi connectivity index (χ1) is 18.8. The lowest BCUT2D eigenvalue weighted by atomic mass is 10.1. The Morgan fingerprint density at radius 1 is 0.526 bits per heavy atom. The van der Waals surface area contributed by atoms with Crippen LogP contribution < -0.4 is 0 Å². The average Bonchev–Trinajstić information content (AvgIpc) is 3.32. The number of hydrogen-bond acceptors (Lipinski definition) is 5. The molecule has 0 aliphatic carbocycles. The van der Waals surface area contributed by atoms with Gasteiger partial charge in [-0.15, -0.1) is 23.5 Å². The van der Waals surface area contributed by atoms with E-state index in [1.807, 2.05) is 41.7 Å². The summed E-state index contributed by atoms with van der Waals surface area (Å²) < 4.78 is 19.8. The summed E-state index contributed by atoms with van der Waals surface area (Å²) >= 11 is 3.88. The van der Waals surface area contributed by atoms with Gasteiger partial charge >= 0.3 is 0 Å². The van der Waals surface area contributed by atoms with Crippen LogP contribution in [0.3, 0.4) is 0 Å². The Morgan fingerprint density at radius 3 is 1.50 bits per heavy atom. The molecule has 3 nitrogen and oxygen atoms in total. The monoisotopic (exact) mass is 542 g/mol. The summed E-state index contributed by atoms with van der Waals surface area (Å²) in [5.74, 6) is 0.937. The van der Waals surface area contributed by atoms with Crippen molar-refractivity contribution >= 4 is 23.5 Å². The van der Waals surface area contributed by atoms with E-state index in [0.717, 1.165) is 5.75 Å². The van der Waals surface area contributed by atoms with Gasteiger partial charge in [0.25, 0.3) is 0 Å². The van der Waals surface area contributed by atoms with E-state index in [-0.39, 0.29) is 22.0 Å². The van der Waals surface area contributed by atoms with E-state index in [2.05, 4.69) is 103 Å². The fourth-order valence-electron chi connectivity index (χ4n) is 4.49. The Hall–Kier alpha value is -2.54. The molecule has 4 atom stereocenters. The quantitative estimate of drug-likeness (QED) is 0.172. The minimum absolute atomic E-state index is 0.0528. The average molecular weight is 543 g/mol. The Bertz CT molecular complexity index is 1190. The lowest BCUT2D eigenvalue weighted by molar-refractivity contribution is -0.0793. The van der Waals surface area contributed by atoms with Crippen molar-refractivity contribution in [1.29, 1.82) is 0 Å². The summed E-state index contributed by atoms with van der Waals surface area (Å²) in [4.78, 5) is 0. The molecule has 1 fully saturated rings. The van der Waals surface area contributed by atoms with Crippen molar-refractivity contribution in [2.75, 3.05) is 6.61 Å². The van der Waals surface area contributed by atoms with Crippen molar-refractivity contribution in [2.24, 2.45) is 0 Å². The first-order valence-electron chi connectivity index (χ1n) is 13.1. The number of benzene rings is 4. The number of hydrogen-bond donors (Lipinski definition) is 0. The van der Waals surface area contributed by atoms with E-state index in [4.69, 9.17) is 14.2 Å². The topological polar surface area (TPSA) is 27.7 Å². The van der Waals surface area contributed by atoms with E-state index in [1.165, 1.54) is 22.3 Å². The Morgan fingerprint density at radius 2 is 0.974 bits per heavy atom. The smallest absolute Gasteiger partial charge is 0.106 e. The van der Waals surface area contributed by atoms with Crippen LogP contribution in [0.15, 0.2) is 121 Å². The highest BCUT2D eigenvalue weighted by atomic mass is 32.2. The van der Waals surface area contributed by atoms with Crippen LogP contribution in [0.5, 0.6) is 0 Å². The van der Waals surface area contributed by atoms with E-state index >= 15 is 0 Å². The molecule has 0 saturated carbocycles. The Labute approximate surface area is 234 Å². The second-order valence-electron chi connectivity index (χ2n) is 9.36. The zero-order valence-corrected chi connectivity index (χ0v) is 23.1. The Balaban J connectivity index is 1.31. The second kappa shape index (κ2) is 14.6. The van der Waals surface area contributed by atoms with Gasteiger partial charge in [-0.1, -0.05) is 121 Å². The van der Waals surface area contributed by atoms with Gasteiger partial charge in [-0.2, -0.15) is 0 Å². The lowest BCUT2D eigenvalue weighted by Gasteiger charge is -2.26. The van der Waals surface area contributed by atoms with Gasteiger partial charge in [0.1, 0.15) is 12.2 Å². The maximum absolute atomic E-state index is 6.66. The summed E-state index contributed by atoms with van der Waals surface area (Å²) in [6, 6.07) is 41.8. The molecule has 38 heavy (non-hydrogen) atoms. The van der Waals surface area contributed by atoms with Gasteiger partial charge in [-0.05, 0) is 22.3 Å². The van der Waals surface area contributed by atoms with Crippen LogP contribution in [0.2, 0.25) is 0 Å². The third-order valence-corrected chi connectivity index (χ3v) is 9.62. The molecule has 0 bridgehead atoms. The van der Waals surface area contributed by atoms with Crippen LogP contribution in [-0.2, 0) is 39.8 Å². The SMILES string of the molecule is c1ccc(COC[C@@H]2SC(SCc3ccccc3)[C@H](OCc3ccccc3)[C@H]2OCc2ccccc2)cc1. The van der Waals surface area contributed by atoms with E-state index in [0.29, 0.717) is 26.4 Å². The van der Waals surface area contributed by atoms with Gasteiger partial charge < -0.3 is 14.2 Å². The van der Waals surface area contributed by atoms with Gasteiger partial charge in [0.2, 0.25) is 0 Å². The van der Waals surface area contributed by atoms with E-state index in [1.54, 1.807) is 0 Å². The van der Waals surface area contributed by atoms with Crippen LogP contribution in [0.25, 0.3) is 0 Å². The number of thioether (sulfide) groups is 2.